The number of carbonyl (C=O) groups is 1. The molecule has 3 aromatic rings. The van der Waals surface area contributed by atoms with Gasteiger partial charge in [-0.3, -0.25) is 9.69 Å². The van der Waals surface area contributed by atoms with Crippen molar-refractivity contribution in [1.82, 2.24) is 0 Å². The van der Waals surface area contributed by atoms with Crippen molar-refractivity contribution in [3.8, 4) is 0 Å². The average molecular weight is 365 g/mol. The van der Waals surface area contributed by atoms with E-state index in [-0.39, 0.29) is 5.91 Å². The molecule has 3 aromatic carbocycles. The van der Waals surface area contributed by atoms with E-state index in [0.29, 0.717) is 14.9 Å². The van der Waals surface area contributed by atoms with Crippen LogP contribution in [0.5, 0.6) is 0 Å². The molecule has 25 heavy (non-hydrogen) atoms. The molecular weight excluding hydrogens is 353 g/mol. The third-order valence-corrected chi connectivity index (χ3v) is 5.27. The van der Waals surface area contributed by atoms with Gasteiger partial charge in [-0.2, -0.15) is 0 Å². The molecular formula is C20H12FNOS2. The van der Waals surface area contributed by atoms with Gasteiger partial charge in [0.05, 0.1) is 10.6 Å². The second-order valence-electron chi connectivity index (χ2n) is 5.57. The first kappa shape index (κ1) is 16.0. The Hall–Kier alpha value is -2.50. The van der Waals surface area contributed by atoms with Crippen LogP contribution in [0.15, 0.2) is 71.6 Å². The van der Waals surface area contributed by atoms with Crippen molar-refractivity contribution in [2.75, 3.05) is 4.90 Å². The molecule has 1 aliphatic heterocycles. The molecule has 1 saturated heterocycles. The molecule has 1 fully saturated rings. The fourth-order valence-electron chi connectivity index (χ4n) is 2.82. The highest BCUT2D eigenvalue weighted by molar-refractivity contribution is 8.27. The van der Waals surface area contributed by atoms with Gasteiger partial charge in [0.25, 0.3) is 5.91 Å². The van der Waals surface area contributed by atoms with Crippen molar-refractivity contribution in [3.63, 3.8) is 0 Å². The van der Waals surface area contributed by atoms with E-state index in [0.717, 1.165) is 16.3 Å². The van der Waals surface area contributed by atoms with E-state index in [9.17, 15) is 9.18 Å². The minimum atomic E-state index is -0.399. The molecule has 0 spiro atoms. The van der Waals surface area contributed by atoms with Crippen molar-refractivity contribution >= 4 is 56.7 Å². The summed E-state index contributed by atoms with van der Waals surface area (Å²) in [6, 6.07) is 19.9. The summed E-state index contributed by atoms with van der Waals surface area (Å²) in [5.41, 5.74) is 1.40. The van der Waals surface area contributed by atoms with Gasteiger partial charge in [0.1, 0.15) is 5.82 Å². The lowest BCUT2D eigenvalue weighted by Gasteiger charge is -2.14. The molecule has 0 atom stereocenters. The number of nitrogens with zero attached hydrogens (tertiary/aromatic N) is 1. The Balaban J connectivity index is 1.75. The highest BCUT2D eigenvalue weighted by atomic mass is 32.2. The molecule has 1 heterocycles. The zero-order chi connectivity index (χ0) is 17.4. The molecule has 0 unspecified atom stereocenters. The summed E-state index contributed by atoms with van der Waals surface area (Å²) in [6.45, 7) is 0. The van der Waals surface area contributed by atoms with Gasteiger partial charge in [-0.25, -0.2) is 4.39 Å². The summed E-state index contributed by atoms with van der Waals surface area (Å²) in [6.07, 6.45) is 1.85. The number of thiocarbonyl (C=S) groups is 1. The van der Waals surface area contributed by atoms with Crippen LogP contribution in [0.1, 0.15) is 5.56 Å². The van der Waals surface area contributed by atoms with E-state index in [4.69, 9.17) is 12.2 Å². The van der Waals surface area contributed by atoms with Crippen molar-refractivity contribution < 1.29 is 9.18 Å². The minimum absolute atomic E-state index is 0.228. The number of carbonyl (C=O) groups excluding carboxylic acids is 1. The van der Waals surface area contributed by atoms with Gasteiger partial charge in [-0.15, -0.1) is 0 Å². The minimum Gasteiger partial charge on any atom is -0.268 e. The van der Waals surface area contributed by atoms with Crippen molar-refractivity contribution in [2.45, 2.75) is 0 Å². The number of hydrogen-bond acceptors (Lipinski definition) is 3. The van der Waals surface area contributed by atoms with Crippen LogP contribution in [-0.2, 0) is 4.79 Å². The fourth-order valence-corrected chi connectivity index (χ4v) is 4.11. The third-order valence-electron chi connectivity index (χ3n) is 3.97. The van der Waals surface area contributed by atoms with Gasteiger partial charge in [0, 0.05) is 0 Å². The van der Waals surface area contributed by atoms with Crippen LogP contribution < -0.4 is 4.90 Å². The van der Waals surface area contributed by atoms with E-state index >= 15 is 0 Å². The van der Waals surface area contributed by atoms with Crippen molar-refractivity contribution in [2.24, 2.45) is 0 Å². The Morgan fingerprint density at radius 2 is 1.76 bits per heavy atom. The normalized spacial score (nSPS) is 16.2. The molecule has 0 aromatic heterocycles. The molecule has 0 aliphatic carbocycles. The monoisotopic (exact) mass is 365 g/mol. The Morgan fingerprint density at radius 1 is 1.00 bits per heavy atom. The number of fused-ring (bicyclic) bond motifs is 1. The Bertz CT molecular complexity index is 1040. The molecule has 1 aliphatic rings. The van der Waals surface area contributed by atoms with Gasteiger partial charge in [-0.1, -0.05) is 72.5 Å². The molecule has 0 radical (unpaired) electrons. The van der Waals surface area contributed by atoms with Gasteiger partial charge >= 0.3 is 0 Å². The molecule has 5 heteroatoms. The van der Waals surface area contributed by atoms with Crippen LogP contribution in [0.2, 0.25) is 0 Å². The summed E-state index contributed by atoms with van der Waals surface area (Å²) in [7, 11) is 0. The average Bonchev–Trinajstić information content (AvgIpc) is 2.89. The highest BCUT2D eigenvalue weighted by Crippen LogP contribution is 2.36. The van der Waals surface area contributed by atoms with E-state index in [1.165, 1.54) is 28.8 Å². The molecule has 4 rings (SSSR count). The molecule has 1 amide bonds. The molecule has 122 valence electrons. The first-order valence-corrected chi connectivity index (χ1v) is 8.87. The van der Waals surface area contributed by atoms with Gasteiger partial charge < -0.3 is 0 Å². The second kappa shape index (κ2) is 6.43. The highest BCUT2D eigenvalue weighted by Gasteiger charge is 2.33. The van der Waals surface area contributed by atoms with Crippen molar-refractivity contribution in [3.05, 3.63) is 83.0 Å². The first-order chi connectivity index (χ1) is 12.1. The smallest absolute Gasteiger partial charge is 0.268 e. The second-order valence-corrected chi connectivity index (χ2v) is 7.24. The molecule has 2 nitrogen and oxygen atoms in total. The lowest BCUT2D eigenvalue weighted by atomic mass is 10.0. The summed E-state index contributed by atoms with van der Waals surface area (Å²) >= 11 is 6.57. The van der Waals surface area contributed by atoms with Crippen LogP contribution in [0.4, 0.5) is 10.1 Å². The van der Waals surface area contributed by atoms with E-state index in [2.05, 4.69) is 0 Å². The standard InChI is InChI=1S/C20H12FNOS2/c21-15-8-4-9-16(12-15)22-19(23)18(25-20(22)24)11-14-7-3-6-13-5-1-2-10-17(13)14/h1-12H/b18-11+. The topological polar surface area (TPSA) is 20.3 Å². The summed E-state index contributed by atoms with van der Waals surface area (Å²) in [5.74, 6) is -0.627. The maximum Gasteiger partial charge on any atom is 0.270 e. The quantitative estimate of drug-likeness (QED) is 0.449. The number of amides is 1. The lowest BCUT2D eigenvalue weighted by molar-refractivity contribution is -0.113. The van der Waals surface area contributed by atoms with Crippen LogP contribution >= 0.6 is 24.0 Å². The Kier molecular flexibility index (Phi) is 4.11. The summed E-state index contributed by atoms with van der Waals surface area (Å²) < 4.78 is 13.9. The predicted octanol–water partition coefficient (Wildman–Crippen LogP) is 5.38. The van der Waals surface area contributed by atoms with Crippen molar-refractivity contribution in [1.29, 1.82) is 0 Å². The number of halogens is 1. The molecule has 0 saturated carbocycles. The first-order valence-electron chi connectivity index (χ1n) is 7.65. The molecule has 0 N–H and O–H groups in total. The van der Waals surface area contributed by atoms with E-state index in [1.807, 2.05) is 48.5 Å². The fraction of sp³-hybridized carbons (Fsp3) is 0. The Morgan fingerprint density at radius 3 is 2.60 bits per heavy atom. The number of hydrogen-bond donors (Lipinski definition) is 0. The van der Waals surface area contributed by atoms with Gasteiger partial charge in [0.2, 0.25) is 0 Å². The summed E-state index contributed by atoms with van der Waals surface area (Å²) in [4.78, 5) is 14.7. The maximum atomic E-state index is 13.5. The van der Waals surface area contributed by atoms with Crippen LogP contribution in [0.25, 0.3) is 16.8 Å². The Labute approximate surface area is 154 Å². The largest absolute Gasteiger partial charge is 0.270 e. The summed E-state index contributed by atoms with van der Waals surface area (Å²) in [5, 5.41) is 2.18. The number of thioether (sulfide) groups is 1. The SMILES string of the molecule is O=C1/C(=C\c2cccc3ccccc23)SC(=S)N1c1cccc(F)c1. The van der Waals surface area contributed by atoms with E-state index < -0.39 is 5.82 Å². The van der Waals surface area contributed by atoms with Gasteiger partial charge in [-0.05, 0) is 40.6 Å². The lowest BCUT2D eigenvalue weighted by Crippen LogP contribution is -2.27. The van der Waals surface area contributed by atoms with Crippen LogP contribution in [0.3, 0.4) is 0 Å². The molecule has 0 bridgehead atoms. The van der Waals surface area contributed by atoms with Crippen LogP contribution in [-0.4, -0.2) is 10.2 Å². The van der Waals surface area contributed by atoms with Crippen LogP contribution in [0, 0.1) is 5.82 Å². The third kappa shape index (κ3) is 2.97. The van der Waals surface area contributed by atoms with E-state index in [1.54, 1.807) is 12.1 Å². The van der Waals surface area contributed by atoms with Gasteiger partial charge in [0.15, 0.2) is 4.32 Å². The zero-order valence-corrected chi connectivity index (χ0v) is 14.6. The maximum absolute atomic E-state index is 13.5. The number of rotatable bonds is 2. The number of benzene rings is 3. The predicted molar refractivity (Wildman–Crippen MR) is 106 cm³/mol. The zero-order valence-electron chi connectivity index (χ0n) is 13.0. The number of anilines is 1.